The fourth-order valence-corrected chi connectivity index (χ4v) is 1.94. The van der Waals surface area contributed by atoms with Gasteiger partial charge in [0.15, 0.2) is 0 Å². The minimum absolute atomic E-state index is 0.150. The molecule has 0 saturated heterocycles. The smallest absolute Gasteiger partial charge is 0.256 e. The molecule has 0 spiro atoms. The number of nitrogens with zero attached hydrogens (tertiary/aromatic N) is 1. The Morgan fingerprint density at radius 1 is 1.32 bits per heavy atom. The Morgan fingerprint density at radius 2 is 1.95 bits per heavy atom. The van der Waals surface area contributed by atoms with Crippen molar-refractivity contribution in [3.63, 3.8) is 0 Å². The summed E-state index contributed by atoms with van der Waals surface area (Å²) >= 11 is 5.92. The number of benzene rings is 1. The molecule has 0 fully saturated rings. The van der Waals surface area contributed by atoms with E-state index in [0.717, 1.165) is 0 Å². The number of carbonyl (C=O) groups excluding carboxylic acids is 1. The van der Waals surface area contributed by atoms with Gasteiger partial charge in [-0.15, -0.1) is 0 Å². The Morgan fingerprint density at radius 3 is 2.47 bits per heavy atom. The lowest BCUT2D eigenvalue weighted by atomic mass is 10.1. The highest BCUT2D eigenvalue weighted by molar-refractivity contribution is 6.31. The van der Waals surface area contributed by atoms with Gasteiger partial charge in [-0.1, -0.05) is 11.6 Å². The summed E-state index contributed by atoms with van der Waals surface area (Å²) < 4.78 is 0. The number of halogens is 1. The molecule has 1 aromatic rings. The molecule has 0 bridgehead atoms. The second-order valence-electron chi connectivity index (χ2n) is 3.96. The summed E-state index contributed by atoms with van der Waals surface area (Å²) in [5.74, 6) is -0.262. The van der Waals surface area contributed by atoms with Crippen molar-refractivity contribution < 1.29 is 15.0 Å². The maximum atomic E-state index is 12.4. The number of carbonyl (C=O) groups is 1. The molecule has 0 radical (unpaired) electrons. The van der Waals surface area contributed by atoms with Gasteiger partial charge in [-0.25, -0.2) is 0 Å². The molecule has 0 heterocycles. The van der Waals surface area contributed by atoms with Gasteiger partial charge in [-0.05, 0) is 25.1 Å². The molecule has 3 N–H and O–H groups in total. The van der Waals surface area contributed by atoms with Crippen LogP contribution in [0.5, 0.6) is 0 Å². The molecule has 0 atom stereocenters. The fraction of sp³-hybridized carbons (Fsp3) is 0.462. The van der Waals surface area contributed by atoms with E-state index >= 15 is 0 Å². The van der Waals surface area contributed by atoms with Gasteiger partial charge in [-0.2, -0.15) is 0 Å². The predicted octanol–water partition coefficient (Wildman–Crippen LogP) is 1.20. The number of aliphatic hydroxyl groups is 2. The highest BCUT2D eigenvalue weighted by Crippen LogP contribution is 2.22. The third-order valence-electron chi connectivity index (χ3n) is 2.61. The molecule has 19 heavy (non-hydrogen) atoms. The first-order valence-corrected chi connectivity index (χ1v) is 6.56. The van der Waals surface area contributed by atoms with Gasteiger partial charge < -0.3 is 20.4 Å². The normalized spacial score (nSPS) is 10.3. The standard InChI is InChI=1S/C13H19ClN2O3/c1-2-15-12-4-3-10(14)9-11(12)13(19)16(5-7-17)6-8-18/h3-4,9,15,17-18H,2,5-8H2,1H3. The van der Waals surface area contributed by atoms with Gasteiger partial charge in [0.05, 0.1) is 18.8 Å². The number of anilines is 1. The van der Waals surface area contributed by atoms with Crippen molar-refractivity contribution in [1.82, 2.24) is 4.90 Å². The molecule has 0 saturated carbocycles. The lowest BCUT2D eigenvalue weighted by molar-refractivity contribution is 0.0686. The number of nitrogens with one attached hydrogen (secondary N) is 1. The van der Waals surface area contributed by atoms with E-state index in [2.05, 4.69) is 5.32 Å². The monoisotopic (exact) mass is 286 g/mol. The first kappa shape index (κ1) is 15.8. The molecule has 0 aromatic heterocycles. The van der Waals surface area contributed by atoms with Crippen LogP contribution in [0, 0.1) is 0 Å². The fourth-order valence-electron chi connectivity index (χ4n) is 1.76. The van der Waals surface area contributed by atoms with Crippen molar-refractivity contribution in [2.45, 2.75) is 6.92 Å². The zero-order valence-electron chi connectivity index (χ0n) is 10.9. The molecule has 5 nitrogen and oxygen atoms in total. The maximum Gasteiger partial charge on any atom is 0.256 e. The Bertz CT molecular complexity index is 420. The number of hydrogen-bond acceptors (Lipinski definition) is 4. The molecule has 0 unspecified atom stereocenters. The van der Waals surface area contributed by atoms with E-state index in [0.29, 0.717) is 22.8 Å². The second-order valence-corrected chi connectivity index (χ2v) is 4.40. The molecular formula is C13H19ClN2O3. The first-order valence-electron chi connectivity index (χ1n) is 6.18. The molecule has 106 valence electrons. The van der Waals surface area contributed by atoms with Crippen molar-refractivity contribution in [3.8, 4) is 0 Å². The lowest BCUT2D eigenvalue weighted by Crippen LogP contribution is -2.36. The summed E-state index contributed by atoms with van der Waals surface area (Å²) in [6.07, 6.45) is 0. The Kier molecular flexibility index (Phi) is 6.62. The Labute approximate surface area is 117 Å². The van der Waals surface area contributed by atoms with Crippen molar-refractivity contribution in [3.05, 3.63) is 28.8 Å². The SMILES string of the molecule is CCNc1ccc(Cl)cc1C(=O)N(CCO)CCO. The van der Waals surface area contributed by atoms with Crippen LogP contribution >= 0.6 is 11.6 Å². The van der Waals surface area contributed by atoms with E-state index in [-0.39, 0.29) is 32.2 Å². The summed E-state index contributed by atoms with van der Waals surface area (Å²) in [7, 11) is 0. The quantitative estimate of drug-likeness (QED) is 0.704. The summed E-state index contributed by atoms with van der Waals surface area (Å²) in [6, 6.07) is 5.04. The van der Waals surface area contributed by atoms with Crippen LogP contribution in [0.4, 0.5) is 5.69 Å². The topological polar surface area (TPSA) is 72.8 Å². The van der Waals surface area contributed by atoms with Crippen LogP contribution in [0.3, 0.4) is 0 Å². The number of aliphatic hydroxyl groups excluding tert-OH is 2. The van der Waals surface area contributed by atoms with E-state index in [1.165, 1.54) is 4.90 Å². The summed E-state index contributed by atoms with van der Waals surface area (Å²) in [5.41, 5.74) is 1.13. The van der Waals surface area contributed by atoms with Gasteiger partial charge in [0, 0.05) is 30.3 Å². The van der Waals surface area contributed by atoms with Crippen LogP contribution in [0.25, 0.3) is 0 Å². The minimum atomic E-state index is -0.262. The highest BCUT2D eigenvalue weighted by atomic mass is 35.5. The molecular weight excluding hydrogens is 268 g/mol. The van der Waals surface area contributed by atoms with Crippen molar-refractivity contribution >= 4 is 23.2 Å². The third-order valence-corrected chi connectivity index (χ3v) is 2.84. The van der Waals surface area contributed by atoms with Crippen LogP contribution in [0.2, 0.25) is 5.02 Å². The zero-order valence-corrected chi connectivity index (χ0v) is 11.7. The minimum Gasteiger partial charge on any atom is -0.395 e. The van der Waals surface area contributed by atoms with Gasteiger partial charge >= 0.3 is 0 Å². The Hall–Kier alpha value is -1.30. The van der Waals surface area contributed by atoms with Crippen molar-refractivity contribution in [2.75, 3.05) is 38.2 Å². The van der Waals surface area contributed by atoms with Crippen LogP contribution < -0.4 is 5.32 Å². The van der Waals surface area contributed by atoms with Crippen LogP contribution in [0.15, 0.2) is 18.2 Å². The van der Waals surface area contributed by atoms with E-state index in [4.69, 9.17) is 21.8 Å². The summed E-state index contributed by atoms with van der Waals surface area (Å²) in [6.45, 7) is 2.67. The molecule has 0 aliphatic heterocycles. The lowest BCUT2D eigenvalue weighted by Gasteiger charge is -2.22. The average molecular weight is 287 g/mol. The molecule has 6 heteroatoms. The average Bonchev–Trinajstić information content (AvgIpc) is 2.40. The maximum absolute atomic E-state index is 12.4. The Balaban J connectivity index is 3.03. The predicted molar refractivity (Wildman–Crippen MR) is 75.7 cm³/mol. The van der Waals surface area contributed by atoms with Crippen LogP contribution in [-0.2, 0) is 0 Å². The van der Waals surface area contributed by atoms with Gasteiger partial charge in [0.25, 0.3) is 5.91 Å². The molecule has 0 aliphatic carbocycles. The zero-order chi connectivity index (χ0) is 14.3. The van der Waals surface area contributed by atoms with Gasteiger partial charge in [0.1, 0.15) is 0 Å². The first-order chi connectivity index (χ1) is 9.13. The van der Waals surface area contributed by atoms with E-state index < -0.39 is 0 Å². The van der Waals surface area contributed by atoms with Gasteiger partial charge in [0.2, 0.25) is 0 Å². The van der Waals surface area contributed by atoms with Gasteiger partial charge in [-0.3, -0.25) is 4.79 Å². The number of hydrogen-bond donors (Lipinski definition) is 3. The number of amides is 1. The molecule has 0 aliphatic rings. The van der Waals surface area contributed by atoms with E-state index in [9.17, 15) is 4.79 Å². The van der Waals surface area contributed by atoms with Crippen LogP contribution in [-0.4, -0.2) is 53.9 Å². The largest absolute Gasteiger partial charge is 0.395 e. The van der Waals surface area contributed by atoms with E-state index in [1.54, 1.807) is 18.2 Å². The summed E-state index contributed by atoms with van der Waals surface area (Å²) in [4.78, 5) is 13.8. The summed E-state index contributed by atoms with van der Waals surface area (Å²) in [5, 5.41) is 21.5. The molecule has 1 rings (SSSR count). The third kappa shape index (κ3) is 4.38. The van der Waals surface area contributed by atoms with Crippen molar-refractivity contribution in [2.24, 2.45) is 0 Å². The highest BCUT2D eigenvalue weighted by Gasteiger charge is 2.18. The molecule has 1 aromatic carbocycles. The molecule has 1 amide bonds. The second kappa shape index (κ2) is 7.99. The van der Waals surface area contributed by atoms with Crippen molar-refractivity contribution in [1.29, 1.82) is 0 Å². The van der Waals surface area contributed by atoms with E-state index in [1.807, 2.05) is 6.92 Å². The van der Waals surface area contributed by atoms with Crippen LogP contribution in [0.1, 0.15) is 17.3 Å². The number of rotatable bonds is 7.